The molecule has 1 aliphatic rings. The molecule has 1 aliphatic heterocycles. The van der Waals surface area contributed by atoms with E-state index in [1.165, 1.54) is 13.3 Å². The first-order chi connectivity index (χ1) is 11.7. The number of nitrogens with zero attached hydrogens (tertiary/aromatic N) is 1. The van der Waals surface area contributed by atoms with Crippen LogP contribution < -0.4 is 19.6 Å². The molecule has 2 aromatic rings. The van der Waals surface area contributed by atoms with E-state index in [0.717, 1.165) is 0 Å². The molecule has 0 fully saturated rings. The summed E-state index contributed by atoms with van der Waals surface area (Å²) < 4.78 is 16.1. The van der Waals surface area contributed by atoms with E-state index in [2.05, 4.69) is 10.5 Å². The first-order valence-corrected chi connectivity index (χ1v) is 7.62. The Labute approximate surface area is 144 Å². The van der Waals surface area contributed by atoms with Crippen molar-refractivity contribution in [2.24, 2.45) is 5.10 Å². The number of nitrogens with one attached hydrogen (secondary N) is 1. The number of benzene rings is 2. The molecule has 1 amide bonds. The Morgan fingerprint density at radius 1 is 1.25 bits per heavy atom. The number of fused-ring (bicyclic) bond motifs is 1. The Kier molecular flexibility index (Phi) is 4.86. The first-order valence-electron chi connectivity index (χ1n) is 7.24. The van der Waals surface area contributed by atoms with E-state index in [0.29, 0.717) is 46.6 Å². The average molecular weight is 347 g/mol. The summed E-state index contributed by atoms with van der Waals surface area (Å²) >= 11 is 6.03. The molecular weight excluding hydrogens is 332 g/mol. The lowest BCUT2D eigenvalue weighted by molar-refractivity contribution is 0.0954. The van der Waals surface area contributed by atoms with Gasteiger partial charge in [-0.15, -0.1) is 0 Å². The van der Waals surface area contributed by atoms with E-state index in [1.54, 1.807) is 36.4 Å². The highest BCUT2D eigenvalue weighted by Crippen LogP contribution is 2.30. The molecule has 0 bridgehead atoms. The molecule has 3 rings (SSSR count). The minimum atomic E-state index is -0.357. The van der Waals surface area contributed by atoms with Gasteiger partial charge in [0.05, 0.1) is 18.3 Å². The first kappa shape index (κ1) is 16.1. The minimum Gasteiger partial charge on any atom is -0.495 e. The molecule has 24 heavy (non-hydrogen) atoms. The van der Waals surface area contributed by atoms with Crippen LogP contribution in [0.25, 0.3) is 0 Å². The van der Waals surface area contributed by atoms with Crippen molar-refractivity contribution in [2.75, 3.05) is 20.3 Å². The van der Waals surface area contributed by atoms with Crippen LogP contribution in [0.2, 0.25) is 5.02 Å². The lowest BCUT2D eigenvalue weighted by Crippen LogP contribution is -2.19. The summed E-state index contributed by atoms with van der Waals surface area (Å²) in [6.07, 6.45) is 1.47. The summed E-state index contributed by atoms with van der Waals surface area (Å²) in [6, 6.07) is 10.2. The Hall–Kier alpha value is -2.73. The van der Waals surface area contributed by atoms with Crippen molar-refractivity contribution in [1.82, 2.24) is 5.43 Å². The summed E-state index contributed by atoms with van der Waals surface area (Å²) in [5.74, 6) is 1.32. The fraction of sp³-hybridized carbons (Fsp3) is 0.176. The topological polar surface area (TPSA) is 69.2 Å². The number of hydrazone groups is 1. The van der Waals surface area contributed by atoms with Crippen molar-refractivity contribution in [1.29, 1.82) is 0 Å². The number of hydrogen-bond acceptors (Lipinski definition) is 5. The largest absolute Gasteiger partial charge is 0.495 e. The van der Waals surface area contributed by atoms with Crippen molar-refractivity contribution < 1.29 is 19.0 Å². The van der Waals surface area contributed by atoms with Crippen molar-refractivity contribution in [3.8, 4) is 17.2 Å². The smallest absolute Gasteiger partial charge is 0.271 e. The summed E-state index contributed by atoms with van der Waals surface area (Å²) in [7, 11) is 1.52. The van der Waals surface area contributed by atoms with Crippen LogP contribution in [0, 0.1) is 0 Å². The monoisotopic (exact) mass is 346 g/mol. The number of para-hydroxylation sites is 1. The molecular formula is C17H15ClN2O4. The van der Waals surface area contributed by atoms with Crippen LogP contribution in [0.1, 0.15) is 15.9 Å². The second-order valence-corrected chi connectivity index (χ2v) is 5.33. The lowest BCUT2D eigenvalue weighted by atomic mass is 10.2. The zero-order valence-electron chi connectivity index (χ0n) is 12.9. The highest BCUT2D eigenvalue weighted by atomic mass is 35.5. The Bertz CT molecular complexity index is 792. The number of methoxy groups -OCH3 is 1. The number of ether oxygens (including phenoxy) is 3. The van der Waals surface area contributed by atoms with Crippen LogP contribution >= 0.6 is 11.6 Å². The van der Waals surface area contributed by atoms with Crippen LogP contribution in [0.4, 0.5) is 0 Å². The zero-order valence-corrected chi connectivity index (χ0v) is 13.7. The summed E-state index contributed by atoms with van der Waals surface area (Å²) in [4.78, 5) is 12.2. The molecule has 7 heteroatoms. The highest BCUT2D eigenvalue weighted by molar-refractivity contribution is 6.32. The van der Waals surface area contributed by atoms with Gasteiger partial charge in [-0.2, -0.15) is 5.10 Å². The number of carbonyl (C=O) groups excluding carboxylic acids is 1. The van der Waals surface area contributed by atoms with Gasteiger partial charge < -0.3 is 14.2 Å². The number of rotatable bonds is 4. The summed E-state index contributed by atoms with van der Waals surface area (Å²) in [5, 5.41) is 4.42. The molecule has 0 aromatic heterocycles. The zero-order chi connectivity index (χ0) is 16.9. The van der Waals surface area contributed by atoms with Crippen LogP contribution in [0.15, 0.2) is 41.5 Å². The standard InChI is InChI=1S/C17H15ClN2O4/c1-22-16-12(3-2-4-13(16)18)10-19-20-17(21)11-5-6-14-15(9-11)24-8-7-23-14/h2-6,9-10H,7-8H2,1H3,(H,20,21)/b19-10+. The molecule has 124 valence electrons. The van der Waals surface area contributed by atoms with E-state index < -0.39 is 0 Å². The highest BCUT2D eigenvalue weighted by Gasteiger charge is 2.14. The predicted molar refractivity (Wildman–Crippen MR) is 90.5 cm³/mol. The number of halogens is 1. The SMILES string of the molecule is COc1c(Cl)cccc1/C=N/NC(=O)c1ccc2c(c1)OCCO2. The van der Waals surface area contributed by atoms with Gasteiger partial charge >= 0.3 is 0 Å². The molecule has 1 heterocycles. The summed E-state index contributed by atoms with van der Waals surface area (Å²) in [6.45, 7) is 0.967. The van der Waals surface area contributed by atoms with Gasteiger partial charge in [0.15, 0.2) is 11.5 Å². The fourth-order valence-electron chi connectivity index (χ4n) is 2.25. The molecule has 0 radical (unpaired) electrons. The molecule has 0 aliphatic carbocycles. The van der Waals surface area contributed by atoms with E-state index >= 15 is 0 Å². The quantitative estimate of drug-likeness (QED) is 0.682. The van der Waals surface area contributed by atoms with Crippen molar-refractivity contribution in [3.05, 3.63) is 52.5 Å². The molecule has 2 aromatic carbocycles. The van der Waals surface area contributed by atoms with Gasteiger partial charge in [0.2, 0.25) is 0 Å². The predicted octanol–water partition coefficient (Wildman–Crippen LogP) is 2.88. The van der Waals surface area contributed by atoms with E-state index in [9.17, 15) is 4.79 Å². The number of hydrogen-bond donors (Lipinski definition) is 1. The Morgan fingerprint density at radius 3 is 2.83 bits per heavy atom. The van der Waals surface area contributed by atoms with Gasteiger partial charge in [-0.05, 0) is 30.3 Å². The second kappa shape index (κ2) is 7.23. The number of amides is 1. The molecule has 0 atom stereocenters. The normalized spacial score (nSPS) is 12.9. The minimum absolute atomic E-state index is 0.357. The Morgan fingerprint density at radius 2 is 2.04 bits per heavy atom. The molecule has 6 nitrogen and oxygen atoms in total. The maximum absolute atomic E-state index is 12.2. The van der Waals surface area contributed by atoms with Crippen LogP contribution in [0.5, 0.6) is 17.2 Å². The third kappa shape index (κ3) is 3.44. The maximum atomic E-state index is 12.2. The lowest BCUT2D eigenvalue weighted by Gasteiger charge is -2.18. The van der Waals surface area contributed by atoms with E-state index in [-0.39, 0.29) is 5.91 Å². The fourth-order valence-corrected chi connectivity index (χ4v) is 2.51. The van der Waals surface area contributed by atoms with Gasteiger partial charge in [-0.1, -0.05) is 17.7 Å². The molecule has 0 unspecified atom stereocenters. The van der Waals surface area contributed by atoms with Crippen LogP contribution in [0.3, 0.4) is 0 Å². The van der Waals surface area contributed by atoms with Gasteiger partial charge in [-0.3, -0.25) is 4.79 Å². The van der Waals surface area contributed by atoms with E-state index in [4.69, 9.17) is 25.8 Å². The average Bonchev–Trinajstić information content (AvgIpc) is 2.61. The van der Waals surface area contributed by atoms with Crippen molar-refractivity contribution in [3.63, 3.8) is 0 Å². The second-order valence-electron chi connectivity index (χ2n) is 4.92. The molecule has 0 saturated carbocycles. The van der Waals surface area contributed by atoms with Gasteiger partial charge in [0.1, 0.15) is 19.0 Å². The van der Waals surface area contributed by atoms with Crippen molar-refractivity contribution in [2.45, 2.75) is 0 Å². The van der Waals surface area contributed by atoms with E-state index in [1.807, 2.05) is 0 Å². The number of carbonyl (C=O) groups is 1. The van der Waals surface area contributed by atoms with Gasteiger partial charge in [0.25, 0.3) is 5.91 Å². The molecule has 0 spiro atoms. The maximum Gasteiger partial charge on any atom is 0.271 e. The van der Waals surface area contributed by atoms with Gasteiger partial charge in [0, 0.05) is 11.1 Å². The van der Waals surface area contributed by atoms with Crippen LogP contribution in [-0.2, 0) is 0 Å². The van der Waals surface area contributed by atoms with Crippen LogP contribution in [-0.4, -0.2) is 32.4 Å². The van der Waals surface area contributed by atoms with Crippen molar-refractivity contribution >= 4 is 23.7 Å². The summed E-state index contributed by atoms with van der Waals surface area (Å²) in [5.41, 5.74) is 3.55. The van der Waals surface area contributed by atoms with Gasteiger partial charge in [-0.25, -0.2) is 5.43 Å². The third-order valence-corrected chi connectivity index (χ3v) is 3.67. The Balaban J connectivity index is 1.71. The third-order valence-electron chi connectivity index (χ3n) is 3.38. The molecule has 0 saturated heterocycles. The molecule has 1 N–H and O–H groups in total.